The van der Waals surface area contributed by atoms with Crippen molar-refractivity contribution < 1.29 is 5.11 Å². The molecule has 1 aliphatic rings. The number of nitrogens with zero attached hydrogens (tertiary/aromatic N) is 1. The lowest BCUT2D eigenvalue weighted by atomic mass is 9.91. The molecule has 0 aromatic heterocycles. The molecule has 0 saturated heterocycles. The molecule has 0 amide bonds. The Morgan fingerprint density at radius 3 is 2.36 bits per heavy atom. The summed E-state index contributed by atoms with van der Waals surface area (Å²) in [7, 11) is 0. The number of nitrogens with two attached hydrogens (primary N) is 1. The largest absolute Gasteiger partial charge is 0.390 e. The first-order chi connectivity index (χ1) is 6.53. The highest BCUT2D eigenvalue weighted by Crippen LogP contribution is 2.25. The van der Waals surface area contributed by atoms with Crippen LogP contribution in [0.3, 0.4) is 0 Å². The zero-order valence-corrected chi connectivity index (χ0v) is 9.50. The molecule has 0 heterocycles. The molecule has 1 aliphatic carbocycles. The van der Waals surface area contributed by atoms with Crippen molar-refractivity contribution in [3.8, 4) is 0 Å². The van der Waals surface area contributed by atoms with E-state index in [4.69, 9.17) is 5.73 Å². The molecule has 1 saturated carbocycles. The third-order valence-corrected chi connectivity index (χ3v) is 3.02. The molecule has 3 N–H and O–H groups in total. The van der Waals surface area contributed by atoms with Gasteiger partial charge in [-0.05, 0) is 33.1 Å². The van der Waals surface area contributed by atoms with Crippen LogP contribution < -0.4 is 5.73 Å². The van der Waals surface area contributed by atoms with Gasteiger partial charge in [0.1, 0.15) is 0 Å². The maximum Gasteiger partial charge on any atom is 0.0603 e. The Morgan fingerprint density at radius 2 is 2.00 bits per heavy atom. The van der Waals surface area contributed by atoms with Crippen molar-refractivity contribution in [2.45, 2.75) is 51.2 Å². The van der Waals surface area contributed by atoms with Gasteiger partial charge in [0.15, 0.2) is 0 Å². The van der Waals surface area contributed by atoms with E-state index in [0.717, 1.165) is 32.1 Å². The third-order valence-electron chi connectivity index (χ3n) is 3.02. The van der Waals surface area contributed by atoms with E-state index in [9.17, 15) is 5.11 Å². The number of rotatable bonds is 6. The molecule has 0 aromatic carbocycles. The topological polar surface area (TPSA) is 49.5 Å². The first-order valence-corrected chi connectivity index (χ1v) is 5.69. The molecule has 0 atom stereocenters. The van der Waals surface area contributed by atoms with Crippen molar-refractivity contribution in [1.82, 2.24) is 4.90 Å². The fourth-order valence-electron chi connectivity index (χ4n) is 1.81. The first kappa shape index (κ1) is 12.0. The van der Waals surface area contributed by atoms with Crippen LogP contribution in [0.5, 0.6) is 0 Å². The normalized spacial score (nSPS) is 18.6. The van der Waals surface area contributed by atoms with Crippen LogP contribution in [0.25, 0.3) is 0 Å². The van der Waals surface area contributed by atoms with Crippen LogP contribution in [0, 0.1) is 0 Å². The number of hydrogen-bond donors (Lipinski definition) is 2. The average molecular weight is 200 g/mol. The van der Waals surface area contributed by atoms with Gasteiger partial charge in [-0.25, -0.2) is 0 Å². The first-order valence-electron chi connectivity index (χ1n) is 5.69. The minimum atomic E-state index is -0.545. The van der Waals surface area contributed by atoms with Crippen molar-refractivity contribution in [1.29, 1.82) is 0 Å². The van der Waals surface area contributed by atoms with Gasteiger partial charge in [-0.2, -0.15) is 0 Å². The third kappa shape index (κ3) is 3.95. The van der Waals surface area contributed by atoms with E-state index in [2.05, 4.69) is 4.90 Å². The molecule has 14 heavy (non-hydrogen) atoms. The van der Waals surface area contributed by atoms with Crippen LogP contribution in [0.15, 0.2) is 0 Å². The van der Waals surface area contributed by atoms with E-state index in [-0.39, 0.29) is 0 Å². The molecular weight excluding hydrogens is 176 g/mol. The molecule has 0 unspecified atom stereocenters. The van der Waals surface area contributed by atoms with Crippen LogP contribution >= 0.6 is 0 Å². The van der Waals surface area contributed by atoms with Gasteiger partial charge in [-0.1, -0.05) is 6.42 Å². The van der Waals surface area contributed by atoms with Crippen LogP contribution in [0.4, 0.5) is 0 Å². The van der Waals surface area contributed by atoms with Gasteiger partial charge in [0.05, 0.1) is 5.60 Å². The highest BCUT2D eigenvalue weighted by atomic mass is 16.3. The summed E-state index contributed by atoms with van der Waals surface area (Å²) in [5.41, 5.74) is 5.04. The van der Waals surface area contributed by atoms with E-state index in [1.165, 1.54) is 19.3 Å². The second kappa shape index (κ2) is 5.10. The molecule has 1 rings (SSSR count). The molecule has 3 heteroatoms. The fraction of sp³-hybridized carbons (Fsp3) is 1.00. The zero-order valence-electron chi connectivity index (χ0n) is 9.50. The molecule has 0 aliphatic heterocycles. The summed E-state index contributed by atoms with van der Waals surface area (Å²) in [6.07, 6.45) is 4.81. The quantitative estimate of drug-likeness (QED) is 0.671. The second-order valence-corrected chi connectivity index (χ2v) is 4.97. The maximum absolute atomic E-state index is 9.65. The maximum atomic E-state index is 9.65. The molecule has 0 radical (unpaired) electrons. The lowest BCUT2D eigenvalue weighted by Crippen LogP contribution is -2.44. The lowest BCUT2D eigenvalue weighted by molar-refractivity contribution is 0.0417. The van der Waals surface area contributed by atoms with Crippen molar-refractivity contribution in [3.05, 3.63) is 0 Å². The predicted molar refractivity (Wildman–Crippen MR) is 59.2 cm³/mol. The van der Waals surface area contributed by atoms with Gasteiger partial charge in [0.2, 0.25) is 0 Å². The molecule has 0 aromatic rings. The van der Waals surface area contributed by atoms with Crippen molar-refractivity contribution in [2.24, 2.45) is 5.73 Å². The Balaban J connectivity index is 2.27. The highest BCUT2D eigenvalue weighted by Gasteiger charge is 2.25. The van der Waals surface area contributed by atoms with Gasteiger partial charge in [-0.3, -0.25) is 4.90 Å². The number of hydrogen-bond acceptors (Lipinski definition) is 3. The molecule has 84 valence electrons. The molecular formula is C11H24N2O. The SMILES string of the molecule is CC(C)(O)CCN(CCN)C1CCC1. The van der Waals surface area contributed by atoms with Crippen molar-refractivity contribution in [3.63, 3.8) is 0 Å². The summed E-state index contributed by atoms with van der Waals surface area (Å²) in [4.78, 5) is 2.43. The summed E-state index contributed by atoms with van der Waals surface area (Å²) in [6.45, 7) is 6.41. The van der Waals surface area contributed by atoms with Gasteiger partial charge >= 0.3 is 0 Å². The monoisotopic (exact) mass is 200 g/mol. The Kier molecular flexibility index (Phi) is 4.35. The Labute approximate surface area is 87.3 Å². The van der Waals surface area contributed by atoms with Crippen LogP contribution in [0.2, 0.25) is 0 Å². The summed E-state index contributed by atoms with van der Waals surface area (Å²) in [6, 6.07) is 0.737. The summed E-state index contributed by atoms with van der Waals surface area (Å²) < 4.78 is 0. The Bertz CT molecular complexity index is 161. The van der Waals surface area contributed by atoms with Crippen molar-refractivity contribution >= 4 is 0 Å². The lowest BCUT2D eigenvalue weighted by Gasteiger charge is -2.38. The summed E-state index contributed by atoms with van der Waals surface area (Å²) in [5, 5.41) is 9.65. The molecule has 0 spiro atoms. The Hall–Kier alpha value is -0.120. The van der Waals surface area contributed by atoms with Gasteiger partial charge in [0, 0.05) is 25.7 Å². The zero-order chi connectivity index (χ0) is 10.6. The predicted octanol–water partition coefficient (Wildman–Crippen LogP) is 0.961. The summed E-state index contributed by atoms with van der Waals surface area (Å²) >= 11 is 0. The van der Waals surface area contributed by atoms with E-state index < -0.39 is 5.60 Å². The van der Waals surface area contributed by atoms with E-state index in [0.29, 0.717) is 0 Å². The van der Waals surface area contributed by atoms with E-state index >= 15 is 0 Å². The Morgan fingerprint density at radius 1 is 1.36 bits per heavy atom. The summed E-state index contributed by atoms with van der Waals surface area (Å²) in [5.74, 6) is 0. The van der Waals surface area contributed by atoms with Gasteiger partial charge in [0.25, 0.3) is 0 Å². The average Bonchev–Trinajstić information content (AvgIpc) is 1.95. The van der Waals surface area contributed by atoms with Crippen molar-refractivity contribution in [2.75, 3.05) is 19.6 Å². The van der Waals surface area contributed by atoms with Crippen LogP contribution in [-0.2, 0) is 0 Å². The number of aliphatic hydroxyl groups is 1. The molecule has 1 fully saturated rings. The van der Waals surface area contributed by atoms with Gasteiger partial charge in [-0.15, -0.1) is 0 Å². The second-order valence-electron chi connectivity index (χ2n) is 4.97. The minimum absolute atomic E-state index is 0.545. The van der Waals surface area contributed by atoms with E-state index in [1.54, 1.807) is 0 Å². The standard InChI is InChI=1S/C11H24N2O/c1-11(2,14)6-8-13(9-7-12)10-4-3-5-10/h10,14H,3-9,12H2,1-2H3. The smallest absolute Gasteiger partial charge is 0.0603 e. The minimum Gasteiger partial charge on any atom is -0.390 e. The fourth-order valence-corrected chi connectivity index (χ4v) is 1.81. The van der Waals surface area contributed by atoms with Crippen LogP contribution in [0.1, 0.15) is 39.5 Å². The van der Waals surface area contributed by atoms with E-state index in [1.807, 2.05) is 13.8 Å². The van der Waals surface area contributed by atoms with Gasteiger partial charge < -0.3 is 10.8 Å². The highest BCUT2D eigenvalue weighted by molar-refractivity contribution is 4.81. The van der Waals surface area contributed by atoms with Crippen LogP contribution in [-0.4, -0.2) is 41.3 Å². The molecule has 0 bridgehead atoms. The molecule has 3 nitrogen and oxygen atoms in total.